The highest BCUT2D eigenvalue weighted by Crippen LogP contribution is 2.21. The topological polar surface area (TPSA) is 47.1 Å². The van der Waals surface area contributed by atoms with E-state index < -0.39 is 0 Å². The van der Waals surface area contributed by atoms with Gasteiger partial charge in [0.05, 0.1) is 12.2 Å². The highest BCUT2D eigenvalue weighted by molar-refractivity contribution is 5.17. The monoisotopic (exact) mass is 290 g/mol. The molecule has 0 spiro atoms. The first-order chi connectivity index (χ1) is 10.0. The zero-order valence-corrected chi connectivity index (χ0v) is 12.8. The molecule has 2 N–H and O–H groups in total. The van der Waals surface area contributed by atoms with Crippen LogP contribution >= 0.6 is 0 Å². The second-order valence-electron chi connectivity index (χ2n) is 5.64. The fourth-order valence-corrected chi connectivity index (χ4v) is 2.37. The molecule has 114 valence electrons. The number of hydrogen-bond donors (Lipinski definition) is 1. The first-order valence-corrected chi connectivity index (χ1v) is 7.20. The van der Waals surface area contributed by atoms with E-state index in [-0.39, 0.29) is 11.9 Å². The second kappa shape index (κ2) is 6.83. The van der Waals surface area contributed by atoms with Gasteiger partial charge in [0.25, 0.3) is 0 Å². The minimum Gasteiger partial charge on any atom is -0.329 e. The van der Waals surface area contributed by atoms with E-state index in [1.807, 2.05) is 24.1 Å². The third-order valence-electron chi connectivity index (χ3n) is 3.64. The number of hydrogen-bond acceptors (Lipinski definition) is 3. The van der Waals surface area contributed by atoms with E-state index in [1.54, 1.807) is 12.1 Å². The van der Waals surface area contributed by atoms with Crippen LogP contribution in [0, 0.1) is 5.82 Å². The molecule has 5 heteroatoms. The SMILES string of the molecule is CC(C)n1cc(C(CN)N(C)Cc2ccc(F)cc2)cn1. The van der Waals surface area contributed by atoms with Crippen LogP contribution in [0.3, 0.4) is 0 Å². The molecule has 2 rings (SSSR count). The number of rotatable bonds is 6. The number of nitrogens with zero attached hydrogens (tertiary/aromatic N) is 3. The Balaban J connectivity index is 2.10. The summed E-state index contributed by atoms with van der Waals surface area (Å²) in [6.45, 7) is 5.42. The molecule has 2 aromatic rings. The van der Waals surface area contributed by atoms with E-state index in [4.69, 9.17) is 5.73 Å². The predicted octanol–water partition coefficient (Wildman–Crippen LogP) is 2.73. The number of benzene rings is 1. The highest BCUT2D eigenvalue weighted by atomic mass is 19.1. The van der Waals surface area contributed by atoms with Gasteiger partial charge in [0.1, 0.15) is 5.82 Å². The van der Waals surface area contributed by atoms with Crippen LogP contribution in [0.2, 0.25) is 0 Å². The summed E-state index contributed by atoms with van der Waals surface area (Å²) in [7, 11) is 2.02. The van der Waals surface area contributed by atoms with Crippen molar-refractivity contribution in [2.24, 2.45) is 5.73 Å². The first kappa shape index (κ1) is 15.7. The Labute approximate surface area is 125 Å². The summed E-state index contributed by atoms with van der Waals surface area (Å²) in [6, 6.07) is 7.00. The Morgan fingerprint density at radius 3 is 2.48 bits per heavy atom. The van der Waals surface area contributed by atoms with Gasteiger partial charge in [-0.3, -0.25) is 9.58 Å². The van der Waals surface area contributed by atoms with Crippen LogP contribution in [0.4, 0.5) is 4.39 Å². The Hall–Kier alpha value is -1.72. The summed E-state index contributed by atoms with van der Waals surface area (Å²) in [4.78, 5) is 2.16. The number of aromatic nitrogens is 2. The van der Waals surface area contributed by atoms with Crippen LogP contribution in [0.5, 0.6) is 0 Å². The standard InChI is InChI=1S/C16H23FN4/c1-12(2)21-11-14(9-19-21)16(8-18)20(3)10-13-4-6-15(17)7-5-13/h4-7,9,11-12,16H,8,10,18H2,1-3H3. The molecular formula is C16H23FN4. The van der Waals surface area contributed by atoms with E-state index in [0.29, 0.717) is 12.6 Å². The summed E-state index contributed by atoms with van der Waals surface area (Å²) in [5.41, 5.74) is 8.10. The second-order valence-corrected chi connectivity index (χ2v) is 5.64. The van der Waals surface area contributed by atoms with Crippen LogP contribution in [-0.4, -0.2) is 28.3 Å². The van der Waals surface area contributed by atoms with Gasteiger partial charge in [-0.05, 0) is 38.6 Å². The Morgan fingerprint density at radius 2 is 1.95 bits per heavy atom. The third-order valence-corrected chi connectivity index (χ3v) is 3.64. The van der Waals surface area contributed by atoms with Gasteiger partial charge < -0.3 is 5.73 Å². The number of nitrogens with two attached hydrogens (primary N) is 1. The normalized spacial score (nSPS) is 13.1. The maximum atomic E-state index is 12.9. The van der Waals surface area contributed by atoms with E-state index >= 15 is 0 Å². The lowest BCUT2D eigenvalue weighted by atomic mass is 10.1. The molecule has 0 aliphatic heterocycles. The molecule has 0 fully saturated rings. The molecule has 1 aromatic carbocycles. The fraction of sp³-hybridized carbons (Fsp3) is 0.438. The van der Waals surface area contributed by atoms with E-state index in [2.05, 4.69) is 23.8 Å². The lowest BCUT2D eigenvalue weighted by Gasteiger charge is -2.26. The molecular weight excluding hydrogens is 267 g/mol. The molecule has 1 unspecified atom stereocenters. The van der Waals surface area contributed by atoms with E-state index in [9.17, 15) is 4.39 Å². The van der Waals surface area contributed by atoms with Gasteiger partial charge in [-0.25, -0.2) is 4.39 Å². The van der Waals surface area contributed by atoms with Gasteiger partial charge in [0, 0.05) is 30.9 Å². The maximum absolute atomic E-state index is 12.9. The average molecular weight is 290 g/mol. The Morgan fingerprint density at radius 1 is 1.29 bits per heavy atom. The first-order valence-electron chi connectivity index (χ1n) is 7.20. The van der Waals surface area contributed by atoms with Crippen molar-refractivity contribution in [1.82, 2.24) is 14.7 Å². The number of likely N-dealkylation sites (N-methyl/N-ethyl adjacent to an activating group) is 1. The van der Waals surface area contributed by atoms with Crippen LogP contribution in [0.15, 0.2) is 36.7 Å². The van der Waals surface area contributed by atoms with Gasteiger partial charge >= 0.3 is 0 Å². The van der Waals surface area contributed by atoms with Crippen LogP contribution in [0.25, 0.3) is 0 Å². The molecule has 0 saturated heterocycles. The lowest BCUT2D eigenvalue weighted by molar-refractivity contribution is 0.241. The summed E-state index contributed by atoms with van der Waals surface area (Å²) in [5, 5.41) is 4.37. The van der Waals surface area contributed by atoms with Crippen molar-refractivity contribution < 1.29 is 4.39 Å². The maximum Gasteiger partial charge on any atom is 0.123 e. The van der Waals surface area contributed by atoms with Gasteiger partial charge in [-0.2, -0.15) is 5.10 Å². The molecule has 0 radical (unpaired) electrons. The summed E-state index contributed by atoms with van der Waals surface area (Å²) in [6.07, 6.45) is 3.92. The predicted molar refractivity (Wildman–Crippen MR) is 82.3 cm³/mol. The van der Waals surface area contributed by atoms with E-state index in [1.165, 1.54) is 12.1 Å². The molecule has 4 nitrogen and oxygen atoms in total. The van der Waals surface area contributed by atoms with Crippen molar-refractivity contribution in [2.75, 3.05) is 13.6 Å². The van der Waals surface area contributed by atoms with Crippen LogP contribution < -0.4 is 5.73 Å². The molecule has 0 bridgehead atoms. The smallest absolute Gasteiger partial charge is 0.123 e. The molecule has 1 heterocycles. The zero-order valence-electron chi connectivity index (χ0n) is 12.8. The van der Waals surface area contributed by atoms with Crippen molar-refractivity contribution in [2.45, 2.75) is 32.5 Å². The largest absolute Gasteiger partial charge is 0.329 e. The van der Waals surface area contributed by atoms with Gasteiger partial charge in [0.2, 0.25) is 0 Å². The van der Waals surface area contributed by atoms with Gasteiger partial charge in [-0.15, -0.1) is 0 Å². The molecule has 0 aliphatic carbocycles. The van der Waals surface area contributed by atoms with Crippen molar-refractivity contribution in [3.05, 3.63) is 53.6 Å². The average Bonchev–Trinajstić information content (AvgIpc) is 2.92. The Bertz CT molecular complexity index is 562. The van der Waals surface area contributed by atoms with Gasteiger partial charge in [-0.1, -0.05) is 12.1 Å². The van der Waals surface area contributed by atoms with Crippen molar-refractivity contribution >= 4 is 0 Å². The molecule has 0 saturated carbocycles. The highest BCUT2D eigenvalue weighted by Gasteiger charge is 2.18. The minimum absolute atomic E-state index is 0.0996. The van der Waals surface area contributed by atoms with Crippen molar-refractivity contribution in [3.8, 4) is 0 Å². The third kappa shape index (κ3) is 3.89. The summed E-state index contributed by atoms with van der Waals surface area (Å²) in [5.74, 6) is -0.213. The summed E-state index contributed by atoms with van der Waals surface area (Å²) >= 11 is 0. The van der Waals surface area contributed by atoms with Crippen LogP contribution in [-0.2, 0) is 6.54 Å². The number of halogens is 1. The quantitative estimate of drug-likeness (QED) is 0.890. The lowest BCUT2D eigenvalue weighted by Crippen LogP contribution is -2.30. The van der Waals surface area contributed by atoms with Gasteiger partial charge in [0.15, 0.2) is 0 Å². The fourth-order valence-electron chi connectivity index (χ4n) is 2.37. The zero-order chi connectivity index (χ0) is 15.4. The molecule has 1 aromatic heterocycles. The molecule has 0 amide bonds. The van der Waals surface area contributed by atoms with Crippen molar-refractivity contribution in [1.29, 1.82) is 0 Å². The van der Waals surface area contributed by atoms with E-state index in [0.717, 1.165) is 17.7 Å². The molecule has 0 aliphatic rings. The van der Waals surface area contributed by atoms with Crippen molar-refractivity contribution in [3.63, 3.8) is 0 Å². The van der Waals surface area contributed by atoms with Crippen LogP contribution in [0.1, 0.15) is 37.1 Å². The molecule has 1 atom stereocenters. The Kier molecular flexibility index (Phi) is 5.09. The molecule has 21 heavy (non-hydrogen) atoms. The summed E-state index contributed by atoms with van der Waals surface area (Å²) < 4.78 is 14.9. The minimum atomic E-state index is -0.213.